The Kier molecular flexibility index (Phi) is 5.85. The van der Waals surface area contributed by atoms with Gasteiger partial charge in [-0.15, -0.1) is 11.6 Å². The maximum Gasteiger partial charge on any atom is 0.310 e. The smallest absolute Gasteiger partial charge is 0.310 e. The number of carbonyl (C=O) groups excluding carboxylic acids is 1. The first kappa shape index (κ1) is 13.5. The van der Waals surface area contributed by atoms with Gasteiger partial charge in [-0.3, -0.25) is 4.79 Å². The van der Waals surface area contributed by atoms with Gasteiger partial charge in [0.15, 0.2) is 0 Å². The van der Waals surface area contributed by atoms with Crippen molar-refractivity contribution in [1.82, 2.24) is 0 Å². The molecule has 0 aromatic heterocycles. The van der Waals surface area contributed by atoms with Crippen molar-refractivity contribution < 1.29 is 9.53 Å². The molecule has 4 heteroatoms. The summed E-state index contributed by atoms with van der Waals surface area (Å²) in [6.07, 6.45) is 2.22. The van der Waals surface area contributed by atoms with E-state index < -0.39 is 0 Å². The van der Waals surface area contributed by atoms with Crippen LogP contribution in [-0.4, -0.2) is 19.0 Å². The number of methoxy groups -OCH3 is 1. The number of benzene rings is 1. The lowest BCUT2D eigenvalue weighted by Gasteiger charge is -2.06. The Morgan fingerprint density at radius 3 is 2.81 bits per heavy atom. The molecular formula is C12H14BrClO2. The Balaban J connectivity index is 2.71. The van der Waals surface area contributed by atoms with Crippen LogP contribution < -0.4 is 0 Å². The summed E-state index contributed by atoms with van der Waals surface area (Å²) in [5.74, 6) is 0.441. The van der Waals surface area contributed by atoms with E-state index in [0.29, 0.717) is 12.3 Å². The molecule has 0 amide bonds. The van der Waals surface area contributed by atoms with Crippen molar-refractivity contribution in [1.29, 1.82) is 0 Å². The minimum absolute atomic E-state index is 0.228. The summed E-state index contributed by atoms with van der Waals surface area (Å²) in [4.78, 5) is 11.1. The number of hydrogen-bond acceptors (Lipinski definition) is 2. The first-order valence-corrected chi connectivity index (χ1v) is 6.40. The fourth-order valence-electron chi connectivity index (χ4n) is 1.39. The first-order chi connectivity index (χ1) is 7.67. The molecule has 1 aromatic carbocycles. The molecule has 0 aliphatic rings. The van der Waals surface area contributed by atoms with Crippen LogP contribution in [0.3, 0.4) is 0 Å². The number of hydrogen-bond donors (Lipinski definition) is 0. The standard InChI is InChI=1S/C12H14BrClO2/c1-16-12(15)8-10-5-4-9(3-2-6-14)7-11(10)13/h4-5,7H,2-3,6,8H2,1H3. The highest BCUT2D eigenvalue weighted by atomic mass is 79.9. The molecular weight excluding hydrogens is 291 g/mol. The van der Waals surface area contributed by atoms with E-state index in [4.69, 9.17) is 11.6 Å². The molecule has 0 N–H and O–H groups in total. The largest absolute Gasteiger partial charge is 0.469 e. The second kappa shape index (κ2) is 6.92. The van der Waals surface area contributed by atoms with Crippen LogP contribution in [0, 0.1) is 0 Å². The molecule has 88 valence electrons. The maximum atomic E-state index is 11.1. The van der Waals surface area contributed by atoms with Crippen molar-refractivity contribution in [2.24, 2.45) is 0 Å². The number of aryl methyl sites for hydroxylation is 1. The average molecular weight is 306 g/mol. The Hall–Kier alpha value is -0.540. The van der Waals surface area contributed by atoms with E-state index in [2.05, 4.69) is 20.7 Å². The summed E-state index contributed by atoms with van der Waals surface area (Å²) < 4.78 is 5.58. The molecule has 0 bridgehead atoms. The minimum atomic E-state index is -0.228. The van der Waals surface area contributed by atoms with Crippen LogP contribution in [0.1, 0.15) is 17.5 Å². The highest BCUT2D eigenvalue weighted by Gasteiger charge is 2.07. The molecule has 0 aliphatic carbocycles. The van der Waals surface area contributed by atoms with Gasteiger partial charge in [0.05, 0.1) is 13.5 Å². The third-order valence-electron chi connectivity index (χ3n) is 2.28. The van der Waals surface area contributed by atoms with E-state index in [1.165, 1.54) is 12.7 Å². The normalized spacial score (nSPS) is 10.2. The molecule has 1 rings (SSSR count). The lowest BCUT2D eigenvalue weighted by Crippen LogP contribution is -2.05. The van der Waals surface area contributed by atoms with Gasteiger partial charge in [-0.2, -0.15) is 0 Å². The van der Waals surface area contributed by atoms with E-state index in [1.807, 2.05) is 18.2 Å². The molecule has 16 heavy (non-hydrogen) atoms. The SMILES string of the molecule is COC(=O)Cc1ccc(CCCCl)cc1Br. The van der Waals surface area contributed by atoms with Crippen molar-refractivity contribution >= 4 is 33.5 Å². The van der Waals surface area contributed by atoms with Gasteiger partial charge in [-0.1, -0.05) is 28.1 Å². The molecule has 0 saturated carbocycles. The van der Waals surface area contributed by atoms with Gasteiger partial charge in [0.1, 0.15) is 0 Å². The molecule has 0 heterocycles. The van der Waals surface area contributed by atoms with Gasteiger partial charge in [0.2, 0.25) is 0 Å². The summed E-state index contributed by atoms with van der Waals surface area (Å²) in [7, 11) is 1.39. The van der Waals surface area contributed by atoms with Crippen molar-refractivity contribution in [3.05, 3.63) is 33.8 Å². The molecule has 0 unspecified atom stereocenters. The maximum absolute atomic E-state index is 11.1. The van der Waals surface area contributed by atoms with Crippen molar-refractivity contribution in [2.45, 2.75) is 19.3 Å². The van der Waals surface area contributed by atoms with Crippen LogP contribution in [0.4, 0.5) is 0 Å². The fraction of sp³-hybridized carbons (Fsp3) is 0.417. The number of rotatable bonds is 5. The predicted molar refractivity (Wildman–Crippen MR) is 68.9 cm³/mol. The highest BCUT2D eigenvalue weighted by molar-refractivity contribution is 9.10. The van der Waals surface area contributed by atoms with Crippen molar-refractivity contribution in [3.63, 3.8) is 0 Å². The second-order valence-corrected chi connectivity index (χ2v) is 4.70. The van der Waals surface area contributed by atoms with Gasteiger partial charge < -0.3 is 4.74 Å². The highest BCUT2D eigenvalue weighted by Crippen LogP contribution is 2.20. The number of alkyl halides is 1. The minimum Gasteiger partial charge on any atom is -0.469 e. The van der Waals surface area contributed by atoms with Gasteiger partial charge >= 0.3 is 5.97 Å². The first-order valence-electron chi connectivity index (χ1n) is 5.07. The van der Waals surface area contributed by atoms with Crippen LogP contribution in [0.2, 0.25) is 0 Å². The van der Waals surface area contributed by atoms with Crippen LogP contribution in [0.25, 0.3) is 0 Å². The number of ether oxygens (including phenoxy) is 1. The molecule has 1 aromatic rings. The lowest BCUT2D eigenvalue weighted by molar-refractivity contribution is -0.139. The Morgan fingerprint density at radius 2 is 2.25 bits per heavy atom. The van der Waals surface area contributed by atoms with Gasteiger partial charge in [-0.05, 0) is 30.0 Å². The topological polar surface area (TPSA) is 26.3 Å². The zero-order valence-corrected chi connectivity index (χ0v) is 11.5. The molecule has 0 fully saturated rings. The Morgan fingerprint density at radius 1 is 1.50 bits per heavy atom. The molecule has 0 spiro atoms. The predicted octanol–water partition coefficient (Wildman–Crippen LogP) is 3.34. The molecule has 0 aliphatic heterocycles. The zero-order valence-electron chi connectivity index (χ0n) is 9.13. The lowest BCUT2D eigenvalue weighted by atomic mass is 10.1. The van der Waals surface area contributed by atoms with Gasteiger partial charge in [0, 0.05) is 10.4 Å². The average Bonchev–Trinajstić information content (AvgIpc) is 2.29. The fourth-order valence-corrected chi connectivity index (χ4v) is 2.09. The Labute approximate surface area is 109 Å². The van der Waals surface area contributed by atoms with Gasteiger partial charge in [0.25, 0.3) is 0 Å². The Bertz CT molecular complexity index is 366. The molecule has 0 atom stereocenters. The second-order valence-electron chi connectivity index (χ2n) is 3.47. The van der Waals surface area contributed by atoms with E-state index in [9.17, 15) is 4.79 Å². The van der Waals surface area contributed by atoms with Crippen LogP contribution in [0.5, 0.6) is 0 Å². The third-order valence-corrected chi connectivity index (χ3v) is 3.28. The molecule has 2 nitrogen and oxygen atoms in total. The summed E-state index contributed by atoms with van der Waals surface area (Å²) in [5, 5.41) is 0. The summed E-state index contributed by atoms with van der Waals surface area (Å²) in [5.41, 5.74) is 2.17. The van der Waals surface area contributed by atoms with E-state index in [0.717, 1.165) is 22.9 Å². The molecule has 0 saturated heterocycles. The van der Waals surface area contributed by atoms with Crippen molar-refractivity contribution in [2.75, 3.05) is 13.0 Å². The molecule has 0 radical (unpaired) electrons. The number of halogens is 2. The van der Waals surface area contributed by atoms with Crippen molar-refractivity contribution in [3.8, 4) is 0 Å². The van der Waals surface area contributed by atoms with E-state index >= 15 is 0 Å². The quantitative estimate of drug-likeness (QED) is 0.616. The van der Waals surface area contributed by atoms with E-state index in [1.54, 1.807) is 0 Å². The monoisotopic (exact) mass is 304 g/mol. The van der Waals surface area contributed by atoms with E-state index in [-0.39, 0.29) is 5.97 Å². The van der Waals surface area contributed by atoms with Crippen LogP contribution in [-0.2, 0) is 22.4 Å². The third kappa shape index (κ3) is 4.14. The number of carbonyl (C=O) groups is 1. The summed E-state index contributed by atoms with van der Waals surface area (Å²) in [6, 6.07) is 6.00. The van der Waals surface area contributed by atoms with Crippen LogP contribution in [0.15, 0.2) is 22.7 Å². The number of esters is 1. The van der Waals surface area contributed by atoms with Crippen LogP contribution >= 0.6 is 27.5 Å². The summed E-state index contributed by atoms with van der Waals surface area (Å²) in [6.45, 7) is 0. The van der Waals surface area contributed by atoms with Gasteiger partial charge in [-0.25, -0.2) is 0 Å². The zero-order chi connectivity index (χ0) is 12.0. The summed E-state index contributed by atoms with van der Waals surface area (Å²) >= 11 is 9.09.